The Morgan fingerprint density at radius 1 is 0.780 bits per heavy atom. The maximum absolute atomic E-state index is 9.51. The molecule has 0 amide bonds. The van der Waals surface area contributed by atoms with Crippen molar-refractivity contribution in [3.05, 3.63) is 114 Å². The Kier molecular flexibility index (Phi) is 8.65. The minimum absolute atomic E-state index is 0.0108. The third-order valence-corrected chi connectivity index (χ3v) is 7.96. The van der Waals surface area contributed by atoms with Crippen LogP contribution in [0.5, 0.6) is 0 Å². The standard InChI is InChI=1S/C33H37N5O3/c34-21-25-3-1-4-29(19-25)26-9-11-28(12-10-26)32-40-30(20-31(41-32)27-7-5-24(23-39)6-8-27)22-37-15-17-38(18-16-37)33-35-13-2-14-36-33/h1-14,19,30-32,39H,15-18,20-23,34H2/t30-,31+,32+/m1/s1. The minimum Gasteiger partial charge on any atom is -0.392 e. The fourth-order valence-corrected chi connectivity index (χ4v) is 5.62. The molecule has 6 rings (SSSR count). The number of aliphatic hydroxyl groups is 1. The van der Waals surface area contributed by atoms with Gasteiger partial charge in [-0.2, -0.15) is 0 Å². The SMILES string of the molecule is NCc1cccc(-c2ccc([C@H]3O[C@@H](CN4CCN(c5ncccn5)CC4)C[C@@H](c4ccc(CO)cc4)O3)cc2)c1. The number of aromatic nitrogens is 2. The lowest BCUT2D eigenvalue weighted by Gasteiger charge is -2.40. The van der Waals surface area contributed by atoms with E-state index in [0.717, 1.165) is 78.5 Å². The Morgan fingerprint density at radius 2 is 1.51 bits per heavy atom. The van der Waals surface area contributed by atoms with Gasteiger partial charge >= 0.3 is 0 Å². The normalized spacial score (nSPS) is 21.6. The zero-order chi connectivity index (χ0) is 28.0. The van der Waals surface area contributed by atoms with E-state index in [1.54, 1.807) is 12.4 Å². The lowest BCUT2D eigenvalue weighted by molar-refractivity contribution is -0.253. The molecule has 1 aromatic heterocycles. The quantitative estimate of drug-likeness (QED) is 0.331. The van der Waals surface area contributed by atoms with Gasteiger partial charge in [-0.3, -0.25) is 4.90 Å². The van der Waals surface area contributed by atoms with E-state index in [0.29, 0.717) is 6.54 Å². The van der Waals surface area contributed by atoms with Gasteiger partial charge in [0.05, 0.1) is 18.8 Å². The van der Waals surface area contributed by atoms with Gasteiger partial charge in [0.25, 0.3) is 0 Å². The van der Waals surface area contributed by atoms with Gasteiger partial charge in [-0.15, -0.1) is 0 Å². The largest absolute Gasteiger partial charge is 0.392 e. The Morgan fingerprint density at radius 3 is 2.22 bits per heavy atom. The van der Waals surface area contributed by atoms with E-state index in [9.17, 15) is 5.11 Å². The summed E-state index contributed by atoms with van der Waals surface area (Å²) in [6, 6.07) is 26.7. The second kappa shape index (κ2) is 12.9. The molecule has 0 spiro atoms. The number of rotatable bonds is 8. The van der Waals surface area contributed by atoms with Gasteiger partial charge in [0.2, 0.25) is 5.95 Å². The van der Waals surface area contributed by atoms with Gasteiger partial charge in [-0.05, 0) is 39.9 Å². The Hall–Kier alpha value is -3.66. The zero-order valence-electron chi connectivity index (χ0n) is 23.2. The number of hydrogen-bond acceptors (Lipinski definition) is 8. The van der Waals surface area contributed by atoms with Crippen molar-refractivity contribution in [1.82, 2.24) is 14.9 Å². The summed E-state index contributed by atoms with van der Waals surface area (Å²) in [5.41, 5.74) is 12.2. The number of aliphatic hydroxyl groups excluding tert-OH is 1. The van der Waals surface area contributed by atoms with Crippen molar-refractivity contribution in [3.8, 4) is 11.1 Å². The molecule has 212 valence electrons. The summed E-state index contributed by atoms with van der Waals surface area (Å²) in [6.45, 7) is 5.00. The third-order valence-electron chi connectivity index (χ3n) is 7.96. The zero-order valence-corrected chi connectivity index (χ0v) is 23.2. The Labute approximate surface area is 241 Å². The summed E-state index contributed by atoms with van der Waals surface area (Å²) in [5, 5.41) is 9.51. The fourth-order valence-electron chi connectivity index (χ4n) is 5.62. The van der Waals surface area contributed by atoms with Crippen molar-refractivity contribution in [1.29, 1.82) is 0 Å². The van der Waals surface area contributed by atoms with Crippen molar-refractivity contribution in [2.45, 2.75) is 38.1 Å². The van der Waals surface area contributed by atoms with E-state index in [-0.39, 0.29) is 18.8 Å². The number of piperazine rings is 1. The van der Waals surface area contributed by atoms with Gasteiger partial charge < -0.3 is 25.2 Å². The molecule has 2 fully saturated rings. The smallest absolute Gasteiger partial charge is 0.225 e. The predicted octanol–water partition coefficient (Wildman–Crippen LogP) is 4.46. The molecule has 0 radical (unpaired) electrons. The van der Waals surface area contributed by atoms with E-state index in [2.05, 4.69) is 68.3 Å². The van der Waals surface area contributed by atoms with Crippen LogP contribution >= 0.6 is 0 Å². The summed E-state index contributed by atoms with van der Waals surface area (Å²) in [7, 11) is 0. The topological polar surface area (TPSA) is 97.0 Å². The van der Waals surface area contributed by atoms with Crippen LogP contribution in [0.3, 0.4) is 0 Å². The van der Waals surface area contributed by atoms with Crippen molar-refractivity contribution >= 4 is 5.95 Å². The predicted molar refractivity (Wildman–Crippen MR) is 159 cm³/mol. The summed E-state index contributed by atoms with van der Waals surface area (Å²) in [6.07, 6.45) is 3.78. The number of benzene rings is 3. The molecule has 2 aliphatic heterocycles. The maximum Gasteiger partial charge on any atom is 0.225 e. The van der Waals surface area contributed by atoms with Gasteiger partial charge in [0, 0.05) is 63.6 Å². The monoisotopic (exact) mass is 551 g/mol. The van der Waals surface area contributed by atoms with Crippen LogP contribution in [0.25, 0.3) is 11.1 Å². The first-order chi connectivity index (χ1) is 20.2. The van der Waals surface area contributed by atoms with Crippen LogP contribution in [0.15, 0.2) is 91.3 Å². The van der Waals surface area contributed by atoms with E-state index in [4.69, 9.17) is 15.2 Å². The molecular weight excluding hydrogens is 514 g/mol. The first-order valence-corrected chi connectivity index (χ1v) is 14.3. The van der Waals surface area contributed by atoms with Gasteiger partial charge in [-0.25, -0.2) is 9.97 Å². The lowest BCUT2D eigenvalue weighted by atomic mass is 9.99. The summed E-state index contributed by atoms with van der Waals surface area (Å²) >= 11 is 0. The molecule has 3 heterocycles. The van der Waals surface area contributed by atoms with Crippen LogP contribution < -0.4 is 10.6 Å². The lowest BCUT2D eigenvalue weighted by Crippen LogP contribution is -2.50. The summed E-state index contributed by atoms with van der Waals surface area (Å²) in [5.74, 6) is 0.791. The molecule has 3 aromatic carbocycles. The van der Waals surface area contributed by atoms with Crippen molar-refractivity contribution in [2.24, 2.45) is 5.73 Å². The van der Waals surface area contributed by atoms with E-state index >= 15 is 0 Å². The van der Waals surface area contributed by atoms with Gasteiger partial charge in [0.15, 0.2) is 6.29 Å². The molecule has 3 N–H and O–H groups in total. The first kappa shape index (κ1) is 27.5. The Bertz CT molecular complexity index is 1390. The highest BCUT2D eigenvalue weighted by atomic mass is 16.7. The first-order valence-electron chi connectivity index (χ1n) is 14.3. The van der Waals surface area contributed by atoms with Crippen molar-refractivity contribution in [2.75, 3.05) is 37.6 Å². The van der Waals surface area contributed by atoms with Crippen LogP contribution in [0.1, 0.15) is 41.1 Å². The molecule has 2 aliphatic rings. The van der Waals surface area contributed by atoms with E-state index in [1.807, 2.05) is 30.3 Å². The third kappa shape index (κ3) is 6.64. The van der Waals surface area contributed by atoms with Crippen LogP contribution in [0.4, 0.5) is 5.95 Å². The summed E-state index contributed by atoms with van der Waals surface area (Å²) < 4.78 is 13.2. The highest BCUT2D eigenvalue weighted by Gasteiger charge is 2.34. The molecule has 0 bridgehead atoms. The van der Waals surface area contributed by atoms with Crippen LogP contribution in [-0.4, -0.2) is 58.8 Å². The van der Waals surface area contributed by atoms with Gasteiger partial charge in [-0.1, -0.05) is 66.7 Å². The average molecular weight is 552 g/mol. The number of hydrogen-bond donors (Lipinski definition) is 2. The van der Waals surface area contributed by atoms with E-state index < -0.39 is 6.29 Å². The fraction of sp³-hybridized carbons (Fsp3) is 0.333. The van der Waals surface area contributed by atoms with Crippen LogP contribution in [-0.2, 0) is 22.6 Å². The molecule has 0 unspecified atom stereocenters. The number of ether oxygens (including phenoxy) is 2. The highest BCUT2D eigenvalue weighted by molar-refractivity contribution is 5.64. The number of nitrogens with zero attached hydrogens (tertiary/aromatic N) is 4. The second-order valence-corrected chi connectivity index (χ2v) is 10.7. The highest BCUT2D eigenvalue weighted by Crippen LogP contribution is 2.38. The maximum atomic E-state index is 9.51. The van der Waals surface area contributed by atoms with Crippen LogP contribution in [0.2, 0.25) is 0 Å². The summed E-state index contributed by atoms with van der Waals surface area (Å²) in [4.78, 5) is 13.5. The molecule has 8 heteroatoms. The second-order valence-electron chi connectivity index (χ2n) is 10.7. The Balaban J connectivity index is 1.17. The van der Waals surface area contributed by atoms with Gasteiger partial charge in [0.1, 0.15) is 0 Å². The molecule has 0 aliphatic carbocycles. The molecule has 41 heavy (non-hydrogen) atoms. The van der Waals surface area contributed by atoms with Crippen molar-refractivity contribution < 1.29 is 14.6 Å². The molecule has 0 saturated carbocycles. The van der Waals surface area contributed by atoms with E-state index in [1.165, 1.54) is 0 Å². The van der Waals surface area contributed by atoms with Crippen LogP contribution in [0, 0.1) is 0 Å². The molecular formula is C33H37N5O3. The molecule has 4 aromatic rings. The molecule has 2 saturated heterocycles. The number of nitrogens with two attached hydrogens (primary N) is 1. The number of anilines is 1. The molecule has 3 atom stereocenters. The minimum atomic E-state index is -0.472. The average Bonchev–Trinajstić information content (AvgIpc) is 3.05. The van der Waals surface area contributed by atoms with Crippen molar-refractivity contribution in [3.63, 3.8) is 0 Å². The molecule has 8 nitrogen and oxygen atoms in total.